The molecule has 6 heteroatoms. The first kappa shape index (κ1) is 22.9. The number of hydrogen-bond donors (Lipinski definition) is 2. The maximum atomic E-state index is 12.9. The van der Waals surface area contributed by atoms with Crippen molar-refractivity contribution in [3.8, 4) is 0 Å². The van der Waals surface area contributed by atoms with Crippen LogP contribution in [0.5, 0.6) is 0 Å². The number of amides is 1. The molecule has 5 nitrogen and oxygen atoms in total. The third kappa shape index (κ3) is 6.32. The first-order valence-electron chi connectivity index (χ1n) is 9.72. The molecule has 0 bridgehead atoms. The van der Waals surface area contributed by atoms with E-state index in [1.165, 1.54) is 0 Å². The van der Waals surface area contributed by atoms with Gasteiger partial charge in [-0.1, -0.05) is 44.5 Å². The molecule has 0 atom stereocenters. The van der Waals surface area contributed by atoms with Crippen LogP contribution in [-0.4, -0.2) is 19.9 Å². The number of carbonyl (C=O) groups excluding carboxylic acids is 1. The van der Waals surface area contributed by atoms with Crippen LogP contribution in [-0.2, 0) is 10.0 Å². The van der Waals surface area contributed by atoms with Gasteiger partial charge in [-0.2, -0.15) is 0 Å². The molecule has 158 valence electrons. The van der Waals surface area contributed by atoms with Gasteiger partial charge >= 0.3 is 0 Å². The third-order valence-electron chi connectivity index (χ3n) is 4.58. The molecule has 0 heterocycles. The van der Waals surface area contributed by atoms with Crippen molar-refractivity contribution < 1.29 is 13.2 Å². The summed E-state index contributed by atoms with van der Waals surface area (Å²) >= 11 is 0. The number of sulfonamides is 1. The first-order valence-corrected chi connectivity index (χ1v) is 11.2. The van der Waals surface area contributed by atoms with Crippen LogP contribution in [0.15, 0.2) is 47.4 Å². The molecule has 0 saturated heterocycles. The second-order valence-corrected chi connectivity index (χ2v) is 11.2. The number of hydrogen-bond acceptors (Lipinski definition) is 3. The highest BCUT2D eigenvalue weighted by Gasteiger charge is 2.28. The standard InChI is InChI=1S/C23H32N2O3S/c1-16-11-13-18(14-12-16)29(27,28)25-20-10-8-9-19(17(20)2)21(26)24-23(6,7)15-22(3,4)5/h8-14,25H,15H2,1-7H3,(H,24,26). The summed E-state index contributed by atoms with van der Waals surface area (Å²) in [6.07, 6.45) is 0.810. The molecule has 0 saturated carbocycles. The zero-order valence-electron chi connectivity index (χ0n) is 18.4. The summed E-state index contributed by atoms with van der Waals surface area (Å²) in [6.45, 7) is 14.0. The van der Waals surface area contributed by atoms with Gasteiger partial charge < -0.3 is 5.32 Å². The highest BCUT2D eigenvalue weighted by atomic mass is 32.2. The van der Waals surface area contributed by atoms with Gasteiger partial charge in [0.2, 0.25) is 0 Å². The van der Waals surface area contributed by atoms with Crippen LogP contribution in [0.2, 0.25) is 0 Å². The first-order chi connectivity index (χ1) is 13.2. The van der Waals surface area contributed by atoms with Crippen molar-refractivity contribution in [2.45, 2.75) is 65.3 Å². The number of benzene rings is 2. The molecule has 2 aromatic carbocycles. The van der Waals surface area contributed by atoms with E-state index in [-0.39, 0.29) is 21.8 Å². The van der Waals surface area contributed by atoms with Crippen molar-refractivity contribution in [3.63, 3.8) is 0 Å². The number of rotatable bonds is 6. The Bertz CT molecular complexity index is 986. The van der Waals surface area contributed by atoms with Crippen molar-refractivity contribution in [3.05, 3.63) is 59.2 Å². The van der Waals surface area contributed by atoms with Crippen molar-refractivity contribution in [2.24, 2.45) is 5.41 Å². The zero-order valence-corrected chi connectivity index (χ0v) is 19.2. The molecular formula is C23H32N2O3S. The molecular weight excluding hydrogens is 384 g/mol. The van der Waals surface area contributed by atoms with Gasteiger partial charge in [-0.05, 0) is 69.4 Å². The molecule has 2 rings (SSSR count). The monoisotopic (exact) mass is 416 g/mol. The summed E-state index contributed by atoms with van der Waals surface area (Å²) in [4.78, 5) is 13.1. The van der Waals surface area contributed by atoms with E-state index in [0.29, 0.717) is 16.8 Å². The van der Waals surface area contributed by atoms with Crippen molar-refractivity contribution >= 4 is 21.6 Å². The van der Waals surface area contributed by atoms with Gasteiger partial charge in [0.15, 0.2) is 0 Å². The van der Waals surface area contributed by atoms with E-state index < -0.39 is 10.0 Å². The summed E-state index contributed by atoms with van der Waals surface area (Å²) in [5, 5.41) is 3.08. The van der Waals surface area contributed by atoms with Crippen LogP contribution in [0.3, 0.4) is 0 Å². The van der Waals surface area contributed by atoms with Crippen LogP contribution in [0.25, 0.3) is 0 Å². The molecule has 0 unspecified atom stereocenters. The average molecular weight is 417 g/mol. The Hall–Kier alpha value is -2.34. The summed E-state index contributed by atoms with van der Waals surface area (Å²) in [6, 6.07) is 11.7. The predicted molar refractivity (Wildman–Crippen MR) is 119 cm³/mol. The lowest BCUT2D eigenvalue weighted by atomic mass is 9.81. The second kappa shape index (κ2) is 8.19. The SMILES string of the molecule is Cc1ccc(S(=O)(=O)Nc2cccc(C(=O)NC(C)(C)CC(C)(C)C)c2C)cc1. The smallest absolute Gasteiger partial charge is 0.261 e. The van der Waals surface area contributed by atoms with Crippen LogP contribution in [0, 0.1) is 19.3 Å². The fourth-order valence-corrected chi connectivity index (χ4v) is 4.78. The number of nitrogens with one attached hydrogen (secondary N) is 2. The van der Waals surface area contributed by atoms with E-state index in [2.05, 4.69) is 30.8 Å². The Morgan fingerprint density at radius 2 is 1.52 bits per heavy atom. The van der Waals surface area contributed by atoms with E-state index in [0.717, 1.165) is 12.0 Å². The summed E-state index contributed by atoms with van der Waals surface area (Å²) in [5.41, 5.74) is 2.10. The highest BCUT2D eigenvalue weighted by molar-refractivity contribution is 7.92. The van der Waals surface area contributed by atoms with E-state index in [9.17, 15) is 13.2 Å². The van der Waals surface area contributed by atoms with Gasteiger partial charge in [-0.25, -0.2) is 8.42 Å². The van der Waals surface area contributed by atoms with Crippen LogP contribution >= 0.6 is 0 Å². The molecule has 2 N–H and O–H groups in total. The normalized spacial score (nSPS) is 12.5. The van der Waals surface area contributed by atoms with E-state index in [1.807, 2.05) is 20.8 Å². The van der Waals surface area contributed by atoms with Gasteiger partial charge in [0, 0.05) is 11.1 Å². The predicted octanol–water partition coefficient (Wildman–Crippen LogP) is 5.05. The number of anilines is 1. The molecule has 0 aliphatic carbocycles. The molecule has 0 spiro atoms. The van der Waals surface area contributed by atoms with Crippen LogP contribution < -0.4 is 10.0 Å². The Morgan fingerprint density at radius 1 is 0.931 bits per heavy atom. The quantitative estimate of drug-likeness (QED) is 0.692. The Kier molecular flexibility index (Phi) is 6.48. The van der Waals surface area contributed by atoms with Crippen LogP contribution in [0.1, 0.15) is 62.5 Å². The average Bonchev–Trinajstić information content (AvgIpc) is 2.54. The number of carbonyl (C=O) groups is 1. The van der Waals surface area contributed by atoms with E-state index >= 15 is 0 Å². The third-order valence-corrected chi connectivity index (χ3v) is 5.96. The van der Waals surface area contributed by atoms with Gasteiger partial charge in [0.25, 0.3) is 15.9 Å². The topological polar surface area (TPSA) is 75.3 Å². The van der Waals surface area contributed by atoms with Gasteiger partial charge in [0.05, 0.1) is 10.6 Å². The Labute approximate surface area is 175 Å². The lowest BCUT2D eigenvalue weighted by Crippen LogP contribution is -2.46. The van der Waals surface area contributed by atoms with Gasteiger partial charge in [0.1, 0.15) is 0 Å². The lowest BCUT2D eigenvalue weighted by molar-refractivity contribution is 0.0891. The minimum Gasteiger partial charge on any atom is -0.347 e. The molecule has 0 radical (unpaired) electrons. The Balaban J connectivity index is 2.27. The van der Waals surface area contributed by atoms with Crippen molar-refractivity contribution in [1.82, 2.24) is 5.32 Å². The van der Waals surface area contributed by atoms with E-state index in [1.54, 1.807) is 49.4 Å². The van der Waals surface area contributed by atoms with Gasteiger partial charge in [-0.3, -0.25) is 9.52 Å². The molecule has 1 amide bonds. The van der Waals surface area contributed by atoms with E-state index in [4.69, 9.17) is 0 Å². The number of aryl methyl sites for hydroxylation is 1. The summed E-state index contributed by atoms with van der Waals surface area (Å²) in [7, 11) is -3.74. The molecule has 0 fully saturated rings. The van der Waals surface area contributed by atoms with Crippen molar-refractivity contribution in [1.29, 1.82) is 0 Å². The largest absolute Gasteiger partial charge is 0.347 e. The molecule has 29 heavy (non-hydrogen) atoms. The van der Waals surface area contributed by atoms with Crippen molar-refractivity contribution in [2.75, 3.05) is 4.72 Å². The van der Waals surface area contributed by atoms with Gasteiger partial charge in [-0.15, -0.1) is 0 Å². The fourth-order valence-electron chi connectivity index (χ4n) is 3.66. The minimum absolute atomic E-state index is 0.0668. The molecule has 2 aromatic rings. The maximum absolute atomic E-state index is 12.9. The molecule has 0 aliphatic rings. The Morgan fingerprint density at radius 3 is 2.07 bits per heavy atom. The zero-order chi connectivity index (χ0) is 22.0. The fraction of sp³-hybridized carbons (Fsp3) is 0.435. The summed E-state index contributed by atoms with van der Waals surface area (Å²) in [5.74, 6) is -0.215. The summed E-state index contributed by atoms with van der Waals surface area (Å²) < 4.78 is 28.1. The minimum atomic E-state index is -3.74. The lowest BCUT2D eigenvalue weighted by Gasteiger charge is -2.33. The molecule has 0 aliphatic heterocycles. The molecule has 0 aromatic heterocycles. The highest BCUT2D eigenvalue weighted by Crippen LogP contribution is 2.28. The second-order valence-electron chi connectivity index (χ2n) is 9.47. The maximum Gasteiger partial charge on any atom is 0.261 e. The van der Waals surface area contributed by atoms with Crippen LogP contribution in [0.4, 0.5) is 5.69 Å².